The number of nitrogens with two attached hydrogens (primary N) is 1. The van der Waals surface area contributed by atoms with Crippen LogP contribution in [-0.2, 0) is 4.79 Å². The molecule has 0 aliphatic carbocycles. The molecule has 7 nitrogen and oxygen atoms in total. The first-order chi connectivity index (χ1) is 11.8. The number of nitrogens with one attached hydrogen (secondary N) is 1. The zero-order chi connectivity index (χ0) is 18.6. The fourth-order valence-electron chi connectivity index (χ4n) is 1.96. The van der Waals surface area contributed by atoms with Crippen LogP contribution >= 0.6 is 11.8 Å². The van der Waals surface area contributed by atoms with Gasteiger partial charge in [-0.25, -0.2) is 9.07 Å². The van der Waals surface area contributed by atoms with Crippen LogP contribution in [0.4, 0.5) is 4.39 Å². The Labute approximate surface area is 149 Å². The first kappa shape index (κ1) is 18.7. The number of aromatic nitrogens is 3. The second-order valence-corrected chi connectivity index (χ2v) is 6.90. The van der Waals surface area contributed by atoms with Crippen molar-refractivity contribution in [3.05, 3.63) is 30.1 Å². The van der Waals surface area contributed by atoms with Gasteiger partial charge in [-0.15, -0.1) is 10.2 Å². The maximum absolute atomic E-state index is 13.8. The lowest BCUT2D eigenvalue weighted by Gasteiger charge is -2.27. The van der Waals surface area contributed by atoms with E-state index in [-0.39, 0.29) is 34.1 Å². The predicted molar refractivity (Wildman–Crippen MR) is 93.3 cm³/mol. The Morgan fingerprint density at radius 2 is 2.16 bits per heavy atom. The van der Waals surface area contributed by atoms with E-state index in [0.29, 0.717) is 0 Å². The molecular weight excluding hydrogens is 343 g/mol. The molecule has 9 heteroatoms. The average Bonchev–Trinajstić information content (AvgIpc) is 2.94. The van der Waals surface area contributed by atoms with E-state index in [4.69, 9.17) is 5.84 Å². The number of thioether (sulfide) groups is 1. The zero-order valence-corrected chi connectivity index (χ0v) is 15.0. The van der Waals surface area contributed by atoms with Gasteiger partial charge in [-0.05, 0) is 25.0 Å². The van der Waals surface area contributed by atoms with E-state index in [9.17, 15) is 14.4 Å². The van der Waals surface area contributed by atoms with Gasteiger partial charge in [0.25, 0.3) is 0 Å². The molecule has 1 unspecified atom stereocenters. The Morgan fingerprint density at radius 1 is 1.48 bits per heavy atom. The van der Waals surface area contributed by atoms with E-state index in [2.05, 4.69) is 21.6 Å². The summed E-state index contributed by atoms with van der Waals surface area (Å²) in [6, 6.07) is 8.20. The van der Waals surface area contributed by atoms with E-state index >= 15 is 0 Å². The molecule has 2 aromatic rings. The van der Waals surface area contributed by atoms with Crippen molar-refractivity contribution in [2.45, 2.75) is 31.5 Å². The van der Waals surface area contributed by atoms with E-state index < -0.39 is 11.4 Å². The first-order valence-electron chi connectivity index (χ1n) is 7.59. The van der Waals surface area contributed by atoms with Crippen LogP contribution in [0.25, 0.3) is 11.4 Å². The van der Waals surface area contributed by atoms with Crippen molar-refractivity contribution >= 4 is 17.7 Å². The monoisotopic (exact) mass is 362 g/mol. The number of nitrogen functional groups attached to an aromatic ring is 1. The van der Waals surface area contributed by atoms with Gasteiger partial charge in [-0.3, -0.25) is 4.79 Å². The summed E-state index contributed by atoms with van der Waals surface area (Å²) in [6.07, 6.45) is 0. The van der Waals surface area contributed by atoms with E-state index in [0.717, 1.165) is 16.4 Å². The van der Waals surface area contributed by atoms with Crippen LogP contribution < -0.4 is 11.2 Å². The number of rotatable bonds is 6. The number of hydrogen-bond donors (Lipinski definition) is 2. The van der Waals surface area contributed by atoms with Crippen LogP contribution in [0.3, 0.4) is 0 Å². The van der Waals surface area contributed by atoms with E-state index in [1.165, 1.54) is 6.07 Å². The maximum Gasteiger partial charge on any atom is 0.231 e. The van der Waals surface area contributed by atoms with Crippen molar-refractivity contribution < 1.29 is 9.18 Å². The molecule has 0 aliphatic heterocycles. The van der Waals surface area contributed by atoms with Crippen molar-refractivity contribution in [2.24, 2.45) is 5.92 Å². The normalized spacial score (nSPS) is 13.3. The average molecular weight is 362 g/mol. The number of carbonyl (C=O) groups excluding carboxylic acids is 1. The molecule has 1 amide bonds. The molecule has 1 atom stereocenters. The van der Waals surface area contributed by atoms with Gasteiger partial charge in [0.2, 0.25) is 11.1 Å². The number of carbonyl (C=O) groups is 1. The van der Waals surface area contributed by atoms with Gasteiger partial charge in [-0.2, -0.15) is 5.26 Å². The quantitative estimate of drug-likeness (QED) is 0.600. The van der Waals surface area contributed by atoms with E-state index in [1.54, 1.807) is 25.1 Å². The second kappa shape index (κ2) is 7.53. The summed E-state index contributed by atoms with van der Waals surface area (Å²) in [6.45, 7) is 5.38. The predicted octanol–water partition coefficient (Wildman–Crippen LogP) is 1.94. The van der Waals surface area contributed by atoms with Gasteiger partial charge in [0.15, 0.2) is 5.82 Å². The lowest BCUT2D eigenvalue weighted by Crippen LogP contribution is -2.49. The van der Waals surface area contributed by atoms with Crippen LogP contribution in [0.2, 0.25) is 0 Å². The van der Waals surface area contributed by atoms with Crippen LogP contribution in [0, 0.1) is 23.1 Å². The summed E-state index contributed by atoms with van der Waals surface area (Å²) in [7, 11) is 0. The number of nitriles is 1. The lowest BCUT2D eigenvalue weighted by molar-refractivity contribution is -0.120. The molecule has 132 valence electrons. The van der Waals surface area contributed by atoms with Crippen LogP contribution in [0.15, 0.2) is 29.4 Å². The van der Waals surface area contributed by atoms with Gasteiger partial charge < -0.3 is 11.2 Å². The van der Waals surface area contributed by atoms with Gasteiger partial charge in [0.05, 0.1) is 17.4 Å². The molecule has 0 aliphatic rings. The Hall–Kier alpha value is -2.60. The molecule has 1 heterocycles. The fraction of sp³-hybridized carbons (Fsp3) is 0.375. The molecule has 3 N–H and O–H groups in total. The summed E-state index contributed by atoms with van der Waals surface area (Å²) in [5.74, 6) is 5.27. The summed E-state index contributed by atoms with van der Waals surface area (Å²) in [4.78, 5) is 12.1. The first-order valence-corrected chi connectivity index (χ1v) is 8.57. The Kier molecular flexibility index (Phi) is 5.64. The number of hydrogen-bond acceptors (Lipinski definition) is 6. The van der Waals surface area contributed by atoms with Crippen LogP contribution in [0.5, 0.6) is 0 Å². The zero-order valence-electron chi connectivity index (χ0n) is 14.2. The number of amides is 1. The highest BCUT2D eigenvalue weighted by atomic mass is 32.2. The molecule has 0 saturated carbocycles. The summed E-state index contributed by atoms with van der Waals surface area (Å²) in [5.41, 5.74) is -0.725. The molecule has 0 fully saturated rings. The topological polar surface area (TPSA) is 110 Å². The molecule has 1 aromatic carbocycles. The van der Waals surface area contributed by atoms with Crippen molar-refractivity contribution in [1.82, 2.24) is 20.2 Å². The standard InChI is InChI=1S/C16H19FN6OS/c1-10(2)16(3,9-18)20-13(24)8-25-15-22-21-14(23(15)19)11-6-4-5-7-12(11)17/h4-7,10H,8,19H2,1-3H3,(H,20,24). The molecule has 2 rings (SSSR count). The third-order valence-corrected chi connectivity index (χ3v) is 4.84. The van der Waals surface area contributed by atoms with Gasteiger partial charge in [-0.1, -0.05) is 37.7 Å². The molecule has 0 radical (unpaired) electrons. The van der Waals surface area contributed by atoms with E-state index in [1.807, 2.05) is 13.8 Å². The molecule has 0 bridgehead atoms. The summed E-state index contributed by atoms with van der Waals surface area (Å²) < 4.78 is 15.0. The lowest BCUT2D eigenvalue weighted by atomic mass is 9.90. The molecular formula is C16H19FN6OS. The van der Waals surface area contributed by atoms with Crippen molar-refractivity contribution in [3.8, 4) is 17.5 Å². The SMILES string of the molecule is CC(C)C(C)(C#N)NC(=O)CSc1nnc(-c2ccccc2F)n1N. The number of halogens is 1. The highest BCUT2D eigenvalue weighted by Gasteiger charge is 2.30. The van der Waals surface area contributed by atoms with Crippen molar-refractivity contribution in [3.63, 3.8) is 0 Å². The van der Waals surface area contributed by atoms with Crippen molar-refractivity contribution in [1.29, 1.82) is 5.26 Å². The van der Waals surface area contributed by atoms with Gasteiger partial charge >= 0.3 is 0 Å². The number of benzene rings is 1. The maximum atomic E-state index is 13.8. The molecule has 0 saturated heterocycles. The Bertz CT molecular complexity index is 815. The minimum atomic E-state index is -0.952. The molecule has 1 aromatic heterocycles. The van der Waals surface area contributed by atoms with Crippen molar-refractivity contribution in [2.75, 3.05) is 11.6 Å². The third-order valence-electron chi connectivity index (χ3n) is 3.90. The highest BCUT2D eigenvalue weighted by Crippen LogP contribution is 2.24. The minimum absolute atomic E-state index is 0.0105. The third kappa shape index (κ3) is 4.09. The fourth-order valence-corrected chi connectivity index (χ4v) is 2.62. The number of nitrogens with zero attached hydrogens (tertiary/aromatic N) is 4. The Balaban J connectivity index is 2.07. The summed E-state index contributed by atoms with van der Waals surface area (Å²) >= 11 is 1.06. The minimum Gasteiger partial charge on any atom is -0.337 e. The second-order valence-electron chi connectivity index (χ2n) is 5.96. The van der Waals surface area contributed by atoms with Crippen LogP contribution in [0.1, 0.15) is 20.8 Å². The smallest absolute Gasteiger partial charge is 0.231 e. The Morgan fingerprint density at radius 3 is 2.76 bits per heavy atom. The summed E-state index contributed by atoms with van der Waals surface area (Å²) in [5, 5.41) is 20.0. The molecule has 25 heavy (non-hydrogen) atoms. The van der Waals surface area contributed by atoms with Gasteiger partial charge in [0.1, 0.15) is 11.4 Å². The highest BCUT2D eigenvalue weighted by molar-refractivity contribution is 7.99. The van der Waals surface area contributed by atoms with Crippen LogP contribution in [-0.4, -0.2) is 32.1 Å². The van der Waals surface area contributed by atoms with Gasteiger partial charge in [0, 0.05) is 0 Å². The largest absolute Gasteiger partial charge is 0.337 e. The molecule has 0 spiro atoms.